The molecule has 116 valence electrons. The normalized spacial score (nSPS) is 17.3. The van der Waals surface area contributed by atoms with E-state index < -0.39 is 0 Å². The Morgan fingerprint density at radius 2 is 1.96 bits per heavy atom. The van der Waals surface area contributed by atoms with Crippen molar-refractivity contribution in [1.82, 2.24) is 4.98 Å². The minimum atomic E-state index is 0.175. The highest BCUT2D eigenvalue weighted by Crippen LogP contribution is 2.30. The summed E-state index contributed by atoms with van der Waals surface area (Å²) >= 11 is 0. The number of carbonyl (C=O) groups is 1. The number of amides is 1. The smallest absolute Gasteiger partial charge is 0.231 e. The molecule has 1 aliphatic rings. The van der Waals surface area contributed by atoms with Crippen LogP contribution in [-0.2, 0) is 17.6 Å². The molecule has 0 saturated heterocycles. The van der Waals surface area contributed by atoms with Crippen molar-refractivity contribution in [2.45, 2.75) is 19.8 Å². The summed E-state index contributed by atoms with van der Waals surface area (Å²) in [5, 5.41) is 1.14. The molecule has 1 aromatic heterocycles. The number of hydrogen-bond acceptors (Lipinski definition) is 1. The number of nitrogens with one attached hydrogen (secondary N) is 1. The largest absolute Gasteiger partial charge is 0.361 e. The van der Waals surface area contributed by atoms with Crippen molar-refractivity contribution in [3.8, 4) is 0 Å². The molecule has 2 aromatic carbocycles. The van der Waals surface area contributed by atoms with Gasteiger partial charge in [-0.2, -0.15) is 0 Å². The summed E-state index contributed by atoms with van der Waals surface area (Å²) in [5.41, 5.74) is 4.51. The average Bonchev–Trinajstić information content (AvgIpc) is 2.97. The molecule has 23 heavy (non-hydrogen) atoms. The fourth-order valence-electron chi connectivity index (χ4n) is 3.57. The van der Waals surface area contributed by atoms with E-state index in [2.05, 4.69) is 36.2 Å². The summed E-state index contributed by atoms with van der Waals surface area (Å²) in [6.45, 7) is 3.01. The number of aromatic nitrogens is 1. The fourth-order valence-corrected chi connectivity index (χ4v) is 3.57. The Labute approximate surface area is 135 Å². The lowest BCUT2D eigenvalue weighted by Gasteiger charge is -2.33. The Kier molecular flexibility index (Phi) is 3.41. The third-order valence-electron chi connectivity index (χ3n) is 4.66. The van der Waals surface area contributed by atoms with Crippen molar-refractivity contribution in [2.75, 3.05) is 11.4 Å². The van der Waals surface area contributed by atoms with Crippen LogP contribution >= 0.6 is 0 Å². The van der Waals surface area contributed by atoms with Gasteiger partial charge in [0.1, 0.15) is 0 Å². The maximum absolute atomic E-state index is 12.9. The SMILES string of the molecule is CC1Cc2ccccc2N(C(=O)Cc2c[nH]c3ccccc23)C1. The first-order valence-electron chi connectivity index (χ1n) is 8.15. The van der Waals surface area contributed by atoms with E-state index in [9.17, 15) is 4.79 Å². The molecule has 0 fully saturated rings. The van der Waals surface area contributed by atoms with E-state index in [1.54, 1.807) is 0 Å². The Bertz CT molecular complexity index is 865. The maximum atomic E-state index is 12.9. The molecule has 0 radical (unpaired) electrons. The van der Waals surface area contributed by atoms with Crippen LogP contribution in [0, 0.1) is 5.92 Å². The van der Waals surface area contributed by atoms with Gasteiger partial charge in [-0.05, 0) is 35.6 Å². The van der Waals surface area contributed by atoms with Gasteiger partial charge >= 0.3 is 0 Å². The van der Waals surface area contributed by atoms with Crippen LogP contribution in [0.2, 0.25) is 0 Å². The second kappa shape index (κ2) is 5.58. The monoisotopic (exact) mass is 304 g/mol. The summed E-state index contributed by atoms with van der Waals surface area (Å²) in [6, 6.07) is 16.4. The molecule has 3 nitrogen and oxygen atoms in total. The summed E-state index contributed by atoms with van der Waals surface area (Å²) in [4.78, 5) is 18.1. The molecular formula is C20H20N2O. The van der Waals surface area contributed by atoms with Crippen LogP contribution in [0.4, 0.5) is 5.69 Å². The van der Waals surface area contributed by atoms with E-state index in [0.29, 0.717) is 12.3 Å². The summed E-state index contributed by atoms with van der Waals surface area (Å²) in [6.07, 6.45) is 3.44. The molecular weight excluding hydrogens is 284 g/mol. The number of nitrogens with zero attached hydrogens (tertiary/aromatic N) is 1. The van der Waals surface area contributed by atoms with Gasteiger partial charge in [-0.3, -0.25) is 4.79 Å². The van der Waals surface area contributed by atoms with Gasteiger partial charge in [0.25, 0.3) is 0 Å². The van der Waals surface area contributed by atoms with E-state index in [4.69, 9.17) is 0 Å². The van der Waals surface area contributed by atoms with E-state index in [1.807, 2.05) is 35.4 Å². The zero-order chi connectivity index (χ0) is 15.8. The molecule has 0 spiro atoms. The molecule has 4 rings (SSSR count). The first kappa shape index (κ1) is 14.1. The van der Waals surface area contributed by atoms with Crippen molar-refractivity contribution in [1.29, 1.82) is 0 Å². The van der Waals surface area contributed by atoms with Gasteiger partial charge in [0.15, 0.2) is 0 Å². The van der Waals surface area contributed by atoms with Crippen LogP contribution < -0.4 is 4.90 Å². The zero-order valence-electron chi connectivity index (χ0n) is 13.3. The summed E-state index contributed by atoms with van der Waals surface area (Å²) in [7, 11) is 0. The molecule has 1 amide bonds. The van der Waals surface area contributed by atoms with Gasteiger partial charge < -0.3 is 9.88 Å². The topological polar surface area (TPSA) is 36.1 Å². The highest BCUT2D eigenvalue weighted by Gasteiger charge is 2.26. The van der Waals surface area contributed by atoms with Gasteiger partial charge in [0.2, 0.25) is 5.91 Å². The highest BCUT2D eigenvalue weighted by molar-refractivity contribution is 5.98. The van der Waals surface area contributed by atoms with Crippen LogP contribution in [0.15, 0.2) is 54.7 Å². The van der Waals surface area contributed by atoms with Gasteiger partial charge in [-0.25, -0.2) is 0 Å². The predicted molar refractivity (Wildman–Crippen MR) is 93.7 cm³/mol. The first-order chi connectivity index (χ1) is 11.2. The Morgan fingerprint density at radius 3 is 2.87 bits per heavy atom. The van der Waals surface area contributed by atoms with Gasteiger partial charge in [0, 0.05) is 29.3 Å². The predicted octanol–water partition coefficient (Wildman–Crippen LogP) is 3.94. The van der Waals surface area contributed by atoms with E-state index in [1.165, 1.54) is 5.56 Å². The van der Waals surface area contributed by atoms with Gasteiger partial charge in [0.05, 0.1) is 6.42 Å². The van der Waals surface area contributed by atoms with Crippen molar-refractivity contribution >= 4 is 22.5 Å². The average molecular weight is 304 g/mol. The number of hydrogen-bond donors (Lipinski definition) is 1. The Hall–Kier alpha value is -2.55. The molecule has 0 saturated carbocycles. The third kappa shape index (κ3) is 2.52. The zero-order valence-corrected chi connectivity index (χ0v) is 13.3. The lowest BCUT2D eigenvalue weighted by Crippen LogP contribution is -2.40. The van der Waals surface area contributed by atoms with E-state index in [-0.39, 0.29) is 5.91 Å². The number of benzene rings is 2. The minimum Gasteiger partial charge on any atom is -0.361 e. The van der Waals surface area contributed by atoms with E-state index >= 15 is 0 Å². The lowest BCUT2D eigenvalue weighted by atomic mass is 9.93. The van der Waals surface area contributed by atoms with Crippen molar-refractivity contribution in [2.24, 2.45) is 5.92 Å². The number of H-pyrrole nitrogens is 1. The van der Waals surface area contributed by atoms with Crippen molar-refractivity contribution < 1.29 is 4.79 Å². The first-order valence-corrected chi connectivity index (χ1v) is 8.15. The molecule has 1 unspecified atom stereocenters. The van der Waals surface area contributed by atoms with Crippen LogP contribution in [0.3, 0.4) is 0 Å². The maximum Gasteiger partial charge on any atom is 0.231 e. The van der Waals surface area contributed by atoms with Crippen molar-refractivity contribution in [3.05, 3.63) is 65.9 Å². The Morgan fingerprint density at radius 1 is 1.17 bits per heavy atom. The molecule has 3 aromatic rings. The molecule has 1 N–H and O–H groups in total. The van der Waals surface area contributed by atoms with Gasteiger partial charge in [-0.1, -0.05) is 43.3 Å². The molecule has 0 aliphatic carbocycles. The highest BCUT2D eigenvalue weighted by atomic mass is 16.2. The second-order valence-corrected chi connectivity index (χ2v) is 6.48. The molecule has 1 atom stereocenters. The molecule has 0 bridgehead atoms. The van der Waals surface area contributed by atoms with Crippen LogP contribution in [0.5, 0.6) is 0 Å². The lowest BCUT2D eigenvalue weighted by molar-refractivity contribution is -0.118. The fraction of sp³-hybridized carbons (Fsp3) is 0.250. The molecule has 1 aliphatic heterocycles. The Balaban J connectivity index is 1.65. The number of para-hydroxylation sites is 2. The molecule has 2 heterocycles. The number of rotatable bonds is 2. The standard InChI is InChI=1S/C20H20N2O/c1-14-10-15-6-2-5-9-19(15)22(13-14)20(23)11-16-12-21-18-8-4-3-7-17(16)18/h2-9,12,14,21H,10-11,13H2,1H3. The minimum absolute atomic E-state index is 0.175. The summed E-state index contributed by atoms with van der Waals surface area (Å²) in [5.74, 6) is 0.672. The quantitative estimate of drug-likeness (QED) is 0.765. The second-order valence-electron chi connectivity index (χ2n) is 6.48. The third-order valence-corrected chi connectivity index (χ3v) is 4.66. The number of anilines is 1. The summed E-state index contributed by atoms with van der Waals surface area (Å²) < 4.78 is 0. The van der Waals surface area contributed by atoms with Crippen LogP contribution in [0.1, 0.15) is 18.1 Å². The number of carbonyl (C=O) groups excluding carboxylic acids is 1. The van der Waals surface area contributed by atoms with Crippen LogP contribution in [-0.4, -0.2) is 17.4 Å². The van der Waals surface area contributed by atoms with Gasteiger partial charge in [-0.15, -0.1) is 0 Å². The number of aromatic amines is 1. The van der Waals surface area contributed by atoms with Crippen molar-refractivity contribution in [3.63, 3.8) is 0 Å². The van der Waals surface area contributed by atoms with Crippen LogP contribution in [0.25, 0.3) is 10.9 Å². The molecule has 3 heteroatoms. The van der Waals surface area contributed by atoms with E-state index in [0.717, 1.165) is 35.1 Å². The number of fused-ring (bicyclic) bond motifs is 2.